The van der Waals surface area contributed by atoms with Crippen LogP contribution in [0.4, 0.5) is 29.5 Å². The summed E-state index contributed by atoms with van der Waals surface area (Å²) >= 11 is 0. The molecule has 0 saturated carbocycles. The molecule has 1 aliphatic heterocycles. The topological polar surface area (TPSA) is 121 Å². The first-order valence-corrected chi connectivity index (χ1v) is 9.86. The van der Waals surface area contributed by atoms with Crippen molar-refractivity contribution in [3.63, 3.8) is 0 Å². The monoisotopic (exact) mass is 461 g/mol. The molecular weight excluding hydrogens is 443 g/mol. The first kappa shape index (κ1) is 22.1. The molecule has 4 rings (SSSR count). The minimum atomic E-state index is -4.91. The quantitative estimate of drug-likeness (QED) is 0.521. The van der Waals surface area contributed by atoms with Crippen molar-refractivity contribution in [1.29, 1.82) is 0 Å². The lowest BCUT2D eigenvalue weighted by molar-refractivity contribution is -0.153. The summed E-state index contributed by atoms with van der Waals surface area (Å²) in [7, 11) is 0. The van der Waals surface area contributed by atoms with Gasteiger partial charge in [-0.2, -0.15) is 13.2 Å². The molecule has 1 aliphatic rings. The number of pyridine rings is 1. The second-order valence-corrected chi connectivity index (χ2v) is 7.31. The van der Waals surface area contributed by atoms with E-state index in [0.717, 1.165) is 0 Å². The first-order chi connectivity index (χ1) is 15.7. The number of carbonyl (C=O) groups excluding carboxylic acids is 1. The van der Waals surface area contributed by atoms with Crippen molar-refractivity contribution in [2.75, 3.05) is 23.7 Å². The van der Waals surface area contributed by atoms with Crippen molar-refractivity contribution in [2.45, 2.75) is 18.6 Å². The van der Waals surface area contributed by atoms with Gasteiger partial charge >= 0.3 is 12.3 Å². The summed E-state index contributed by atoms with van der Waals surface area (Å²) in [5.74, 6) is -2.47. The van der Waals surface area contributed by atoms with Crippen LogP contribution in [-0.2, 0) is 6.18 Å². The Labute approximate surface area is 185 Å². The number of amides is 2. The molecule has 0 unspecified atom stereocenters. The van der Waals surface area contributed by atoms with Gasteiger partial charge in [-0.3, -0.25) is 4.79 Å². The molecule has 0 radical (unpaired) electrons. The Morgan fingerprint density at radius 2 is 1.91 bits per heavy atom. The van der Waals surface area contributed by atoms with Crippen molar-refractivity contribution < 1.29 is 32.3 Å². The zero-order valence-electron chi connectivity index (χ0n) is 17.0. The highest BCUT2D eigenvalue weighted by Crippen LogP contribution is 2.35. The molecule has 33 heavy (non-hydrogen) atoms. The average molecular weight is 461 g/mol. The molecule has 2 amide bonds. The molecule has 1 fully saturated rings. The summed E-state index contributed by atoms with van der Waals surface area (Å²) in [6.07, 6.45) is -4.02. The number of hydrogen-bond donors (Lipinski definition) is 3. The van der Waals surface area contributed by atoms with Crippen LogP contribution in [0.3, 0.4) is 0 Å². The fraction of sp³-hybridized carbons (Fsp3) is 0.238. The standard InChI is InChI=1S/C21H18F3N5O4/c22-21(23,24)17-16(28-19(33-17)12-4-2-1-3-5-12)18(30)27-13-6-7-15(25-10-13)26-14-8-9-29(11-14)20(31)32/h1-7,10,14H,8-9,11H2,(H,25,26)(H,27,30)(H,31,32)/t14-/m1/s1. The molecule has 1 atom stereocenters. The predicted molar refractivity (Wildman–Crippen MR) is 111 cm³/mol. The van der Waals surface area contributed by atoms with Crippen LogP contribution in [0.25, 0.3) is 11.5 Å². The number of nitrogens with zero attached hydrogens (tertiary/aromatic N) is 3. The van der Waals surface area contributed by atoms with Gasteiger partial charge in [-0.05, 0) is 30.7 Å². The van der Waals surface area contributed by atoms with Crippen LogP contribution in [0.5, 0.6) is 0 Å². The van der Waals surface area contributed by atoms with Crippen LogP contribution >= 0.6 is 0 Å². The molecule has 0 bridgehead atoms. The van der Waals surface area contributed by atoms with Gasteiger partial charge in [-0.15, -0.1) is 0 Å². The molecule has 2 aromatic heterocycles. The lowest BCUT2D eigenvalue weighted by atomic mass is 10.2. The van der Waals surface area contributed by atoms with Crippen LogP contribution in [0, 0.1) is 0 Å². The lowest BCUT2D eigenvalue weighted by Crippen LogP contribution is -2.30. The van der Waals surface area contributed by atoms with E-state index >= 15 is 0 Å². The van der Waals surface area contributed by atoms with Gasteiger partial charge in [0.25, 0.3) is 5.91 Å². The number of halogens is 3. The molecule has 12 heteroatoms. The van der Waals surface area contributed by atoms with E-state index in [2.05, 4.69) is 20.6 Å². The zero-order chi connectivity index (χ0) is 23.6. The SMILES string of the molecule is O=C(Nc1ccc(N[C@@H]2CCN(C(=O)O)C2)nc1)c1nc(-c2ccccc2)oc1C(F)(F)F. The molecular formula is C21H18F3N5O4. The number of rotatable bonds is 5. The maximum Gasteiger partial charge on any atom is 0.452 e. The lowest BCUT2D eigenvalue weighted by Gasteiger charge is -2.14. The van der Waals surface area contributed by atoms with Gasteiger partial charge in [0.2, 0.25) is 11.7 Å². The molecule has 3 N–H and O–H groups in total. The molecule has 1 aromatic carbocycles. The number of hydrogen-bond acceptors (Lipinski definition) is 6. The third-order valence-corrected chi connectivity index (χ3v) is 4.95. The Kier molecular flexibility index (Phi) is 5.90. The van der Waals surface area contributed by atoms with Crippen molar-refractivity contribution in [2.24, 2.45) is 0 Å². The summed E-state index contributed by atoms with van der Waals surface area (Å²) in [5, 5.41) is 14.4. The van der Waals surface area contributed by atoms with Gasteiger partial charge in [-0.1, -0.05) is 18.2 Å². The van der Waals surface area contributed by atoms with Crippen molar-refractivity contribution in [1.82, 2.24) is 14.9 Å². The zero-order valence-corrected chi connectivity index (χ0v) is 17.0. The molecule has 1 saturated heterocycles. The second kappa shape index (κ2) is 8.81. The average Bonchev–Trinajstić information content (AvgIpc) is 3.43. The van der Waals surface area contributed by atoms with E-state index in [1.807, 2.05) is 0 Å². The number of anilines is 2. The van der Waals surface area contributed by atoms with Gasteiger partial charge in [0.1, 0.15) is 5.82 Å². The Hall–Kier alpha value is -4.09. The van der Waals surface area contributed by atoms with Gasteiger partial charge in [0.15, 0.2) is 5.69 Å². The number of nitrogens with one attached hydrogen (secondary N) is 2. The van der Waals surface area contributed by atoms with E-state index in [0.29, 0.717) is 30.9 Å². The molecule has 3 heterocycles. The molecule has 9 nitrogen and oxygen atoms in total. The molecule has 172 valence electrons. The van der Waals surface area contributed by atoms with Crippen LogP contribution in [-0.4, -0.2) is 51.1 Å². The molecule has 0 spiro atoms. The van der Waals surface area contributed by atoms with E-state index < -0.39 is 29.6 Å². The summed E-state index contributed by atoms with van der Waals surface area (Å²) in [6, 6.07) is 10.8. The smallest absolute Gasteiger partial charge is 0.452 e. The third-order valence-electron chi connectivity index (χ3n) is 4.95. The highest BCUT2D eigenvalue weighted by Gasteiger charge is 2.42. The number of aromatic nitrogens is 2. The highest BCUT2D eigenvalue weighted by atomic mass is 19.4. The maximum atomic E-state index is 13.4. The summed E-state index contributed by atoms with van der Waals surface area (Å²) in [5.41, 5.74) is -0.433. The Bertz CT molecular complexity index is 1150. The maximum absolute atomic E-state index is 13.4. The van der Waals surface area contributed by atoms with E-state index in [4.69, 9.17) is 9.52 Å². The van der Waals surface area contributed by atoms with Gasteiger partial charge in [0, 0.05) is 24.7 Å². The number of oxazole rings is 1. The molecule has 0 aliphatic carbocycles. The Morgan fingerprint density at radius 1 is 1.15 bits per heavy atom. The van der Waals surface area contributed by atoms with Gasteiger partial charge in [0.05, 0.1) is 11.9 Å². The van der Waals surface area contributed by atoms with Crippen LogP contribution in [0.15, 0.2) is 53.1 Å². The van der Waals surface area contributed by atoms with Gasteiger partial charge in [-0.25, -0.2) is 14.8 Å². The van der Waals surface area contributed by atoms with Crippen LogP contribution < -0.4 is 10.6 Å². The van der Waals surface area contributed by atoms with Crippen molar-refractivity contribution in [3.05, 3.63) is 60.1 Å². The van der Waals surface area contributed by atoms with E-state index in [1.165, 1.54) is 35.4 Å². The summed E-state index contributed by atoms with van der Waals surface area (Å²) < 4.78 is 45.2. The number of alkyl halides is 3. The highest BCUT2D eigenvalue weighted by molar-refractivity contribution is 6.04. The van der Waals surface area contributed by atoms with E-state index in [9.17, 15) is 22.8 Å². The summed E-state index contributed by atoms with van der Waals surface area (Å²) in [6.45, 7) is 0.719. The predicted octanol–water partition coefficient (Wildman–Crippen LogP) is 4.17. The van der Waals surface area contributed by atoms with Crippen molar-refractivity contribution in [3.8, 4) is 11.5 Å². The fourth-order valence-corrected chi connectivity index (χ4v) is 3.37. The van der Waals surface area contributed by atoms with E-state index in [-0.39, 0.29) is 17.6 Å². The first-order valence-electron chi connectivity index (χ1n) is 9.86. The Balaban J connectivity index is 1.47. The largest absolute Gasteiger partial charge is 0.465 e. The minimum absolute atomic E-state index is 0.116. The normalized spacial score (nSPS) is 16.0. The van der Waals surface area contributed by atoms with Crippen LogP contribution in [0.1, 0.15) is 22.7 Å². The minimum Gasteiger partial charge on any atom is -0.465 e. The number of likely N-dealkylation sites (tertiary alicyclic amines) is 1. The third kappa shape index (κ3) is 5.05. The second-order valence-electron chi connectivity index (χ2n) is 7.31. The summed E-state index contributed by atoms with van der Waals surface area (Å²) in [4.78, 5) is 32.7. The van der Waals surface area contributed by atoms with E-state index in [1.54, 1.807) is 18.2 Å². The molecule has 3 aromatic rings. The van der Waals surface area contributed by atoms with Crippen LogP contribution in [0.2, 0.25) is 0 Å². The van der Waals surface area contributed by atoms with Crippen molar-refractivity contribution >= 4 is 23.5 Å². The number of benzene rings is 1. The number of carbonyl (C=O) groups is 2. The Morgan fingerprint density at radius 3 is 2.52 bits per heavy atom. The number of carboxylic acid groups (broad SMARTS) is 1. The fourth-order valence-electron chi connectivity index (χ4n) is 3.37. The van der Waals surface area contributed by atoms with Gasteiger partial charge < -0.3 is 25.1 Å².